The highest BCUT2D eigenvalue weighted by Crippen LogP contribution is 2.23. The van der Waals surface area contributed by atoms with Crippen LogP contribution >= 0.6 is 0 Å². The number of hydrogen-bond acceptors (Lipinski definition) is 6. The Morgan fingerprint density at radius 3 is 1.91 bits per heavy atom. The van der Waals surface area contributed by atoms with Crippen LogP contribution in [-0.2, 0) is 4.74 Å². The van der Waals surface area contributed by atoms with Gasteiger partial charge in [-0.2, -0.15) is 0 Å². The summed E-state index contributed by atoms with van der Waals surface area (Å²) in [4.78, 5) is 23.9. The largest absolute Gasteiger partial charge is 0.378 e. The molecule has 2 aromatic carbocycles. The van der Waals surface area contributed by atoms with Crippen molar-refractivity contribution in [2.45, 2.75) is 0 Å². The lowest BCUT2D eigenvalue weighted by molar-refractivity contribution is 0.102. The van der Waals surface area contributed by atoms with Crippen LogP contribution in [-0.4, -0.2) is 63.4 Å². The number of nitrogens with zero attached hydrogens (tertiary/aromatic N) is 4. The molecule has 0 bridgehead atoms. The number of amides is 1. The SMILES string of the molecule is O=C(Nc1ccc(N2CCN(c3cccnc3)CC2)cc1)c1ccc(N2CCOCC2)cc1. The monoisotopic (exact) mass is 443 g/mol. The van der Waals surface area contributed by atoms with E-state index in [1.54, 1.807) is 6.20 Å². The van der Waals surface area contributed by atoms with E-state index in [0.717, 1.165) is 63.9 Å². The van der Waals surface area contributed by atoms with Crippen LogP contribution in [0.4, 0.5) is 22.7 Å². The Kier molecular flexibility index (Phi) is 6.39. The molecule has 0 saturated carbocycles. The summed E-state index contributed by atoms with van der Waals surface area (Å²) >= 11 is 0. The number of pyridine rings is 1. The zero-order chi connectivity index (χ0) is 22.5. The average Bonchev–Trinajstić information content (AvgIpc) is 2.90. The number of carbonyl (C=O) groups excluding carboxylic acids is 1. The summed E-state index contributed by atoms with van der Waals surface area (Å²) in [5, 5.41) is 3.01. The first-order valence-corrected chi connectivity index (χ1v) is 11.5. The third-order valence-corrected chi connectivity index (χ3v) is 6.29. The van der Waals surface area contributed by atoms with E-state index in [0.29, 0.717) is 5.56 Å². The first kappa shape index (κ1) is 21.3. The Balaban J connectivity index is 1.15. The lowest BCUT2D eigenvalue weighted by Gasteiger charge is -2.37. The number of hydrogen-bond donors (Lipinski definition) is 1. The molecule has 0 spiro atoms. The molecule has 7 heteroatoms. The van der Waals surface area contributed by atoms with Gasteiger partial charge < -0.3 is 24.8 Å². The lowest BCUT2D eigenvalue weighted by atomic mass is 10.1. The highest BCUT2D eigenvalue weighted by molar-refractivity contribution is 6.04. The predicted octanol–water partition coefficient (Wildman–Crippen LogP) is 3.50. The number of ether oxygens (including phenoxy) is 1. The number of piperazine rings is 1. The molecule has 33 heavy (non-hydrogen) atoms. The zero-order valence-corrected chi connectivity index (χ0v) is 18.7. The van der Waals surface area contributed by atoms with Crippen molar-refractivity contribution in [3.63, 3.8) is 0 Å². The fraction of sp³-hybridized carbons (Fsp3) is 0.308. The number of benzene rings is 2. The van der Waals surface area contributed by atoms with Gasteiger partial charge in [-0.1, -0.05) is 0 Å². The summed E-state index contributed by atoms with van der Waals surface area (Å²) in [7, 11) is 0. The molecule has 3 heterocycles. The molecule has 1 amide bonds. The molecule has 1 N–H and O–H groups in total. The van der Waals surface area contributed by atoms with E-state index < -0.39 is 0 Å². The molecule has 1 aromatic heterocycles. The minimum atomic E-state index is -0.0960. The number of rotatable bonds is 5. The number of aromatic nitrogens is 1. The Morgan fingerprint density at radius 2 is 1.30 bits per heavy atom. The van der Waals surface area contributed by atoms with Gasteiger partial charge in [0.15, 0.2) is 0 Å². The summed E-state index contributed by atoms with van der Waals surface area (Å²) in [6.07, 6.45) is 3.73. The number of nitrogens with one attached hydrogen (secondary N) is 1. The highest BCUT2D eigenvalue weighted by atomic mass is 16.5. The minimum absolute atomic E-state index is 0.0960. The first-order chi connectivity index (χ1) is 16.3. The van der Waals surface area contributed by atoms with Crippen LogP contribution in [0, 0.1) is 0 Å². The van der Waals surface area contributed by atoms with Gasteiger partial charge in [0.05, 0.1) is 25.1 Å². The van der Waals surface area contributed by atoms with E-state index in [-0.39, 0.29) is 5.91 Å². The third-order valence-electron chi connectivity index (χ3n) is 6.29. The van der Waals surface area contributed by atoms with Gasteiger partial charge in [-0.3, -0.25) is 9.78 Å². The summed E-state index contributed by atoms with van der Waals surface area (Å²) in [5.74, 6) is -0.0960. The van der Waals surface area contributed by atoms with E-state index in [4.69, 9.17) is 4.74 Å². The second-order valence-electron chi connectivity index (χ2n) is 8.33. The molecule has 0 radical (unpaired) electrons. The Labute approximate surface area is 194 Å². The molecule has 3 aromatic rings. The van der Waals surface area contributed by atoms with Crippen LogP contribution in [0.5, 0.6) is 0 Å². The molecule has 0 unspecified atom stereocenters. The fourth-order valence-corrected chi connectivity index (χ4v) is 4.37. The van der Waals surface area contributed by atoms with E-state index in [9.17, 15) is 4.79 Å². The van der Waals surface area contributed by atoms with E-state index in [1.165, 1.54) is 11.4 Å². The maximum atomic E-state index is 12.7. The van der Waals surface area contributed by atoms with E-state index >= 15 is 0 Å². The molecule has 0 atom stereocenters. The molecule has 7 nitrogen and oxygen atoms in total. The van der Waals surface area contributed by atoms with Crippen LogP contribution < -0.4 is 20.0 Å². The second kappa shape index (κ2) is 9.92. The average molecular weight is 444 g/mol. The first-order valence-electron chi connectivity index (χ1n) is 11.5. The molecule has 0 aliphatic carbocycles. The Hall–Kier alpha value is -3.58. The fourth-order valence-electron chi connectivity index (χ4n) is 4.37. The van der Waals surface area contributed by atoms with Crippen LogP contribution in [0.15, 0.2) is 73.1 Å². The molecular weight excluding hydrogens is 414 g/mol. The standard InChI is InChI=1S/C26H29N5O2/c32-26(21-3-7-23(8-4-21)31-16-18-33-19-17-31)28-22-5-9-24(10-6-22)29-12-14-30(15-13-29)25-2-1-11-27-20-25/h1-11,20H,12-19H2,(H,28,32). The summed E-state index contributed by atoms with van der Waals surface area (Å²) in [5.41, 5.74) is 4.93. The lowest BCUT2D eigenvalue weighted by Crippen LogP contribution is -2.46. The zero-order valence-electron chi connectivity index (χ0n) is 18.7. The second-order valence-corrected chi connectivity index (χ2v) is 8.33. The molecule has 2 aliphatic rings. The van der Waals surface area contributed by atoms with Crippen molar-refractivity contribution in [2.24, 2.45) is 0 Å². The molecule has 2 saturated heterocycles. The molecule has 2 fully saturated rings. The maximum absolute atomic E-state index is 12.7. The number of morpholine rings is 1. The van der Waals surface area contributed by atoms with Crippen molar-refractivity contribution in [3.8, 4) is 0 Å². The third kappa shape index (κ3) is 5.09. The van der Waals surface area contributed by atoms with Crippen molar-refractivity contribution in [2.75, 3.05) is 72.5 Å². The predicted molar refractivity (Wildman–Crippen MR) is 133 cm³/mol. The van der Waals surface area contributed by atoms with Crippen LogP contribution in [0.1, 0.15) is 10.4 Å². The topological polar surface area (TPSA) is 60.9 Å². The van der Waals surface area contributed by atoms with Gasteiger partial charge in [-0.15, -0.1) is 0 Å². The smallest absolute Gasteiger partial charge is 0.255 e. The van der Waals surface area contributed by atoms with Gasteiger partial charge >= 0.3 is 0 Å². The minimum Gasteiger partial charge on any atom is -0.378 e. The van der Waals surface area contributed by atoms with Gasteiger partial charge in [-0.05, 0) is 60.7 Å². The number of anilines is 4. The maximum Gasteiger partial charge on any atom is 0.255 e. The Bertz CT molecular complexity index is 1040. The van der Waals surface area contributed by atoms with Crippen molar-refractivity contribution in [1.82, 2.24) is 4.98 Å². The quantitative estimate of drug-likeness (QED) is 0.651. The van der Waals surface area contributed by atoms with Gasteiger partial charge in [0.2, 0.25) is 0 Å². The number of carbonyl (C=O) groups is 1. The van der Waals surface area contributed by atoms with Crippen molar-refractivity contribution in [1.29, 1.82) is 0 Å². The van der Waals surface area contributed by atoms with E-state index in [1.807, 2.05) is 48.7 Å². The van der Waals surface area contributed by atoms with Crippen LogP contribution in [0.3, 0.4) is 0 Å². The van der Waals surface area contributed by atoms with Crippen molar-refractivity contribution in [3.05, 3.63) is 78.6 Å². The van der Waals surface area contributed by atoms with Crippen molar-refractivity contribution >= 4 is 28.7 Å². The van der Waals surface area contributed by atoms with E-state index in [2.05, 4.69) is 43.2 Å². The van der Waals surface area contributed by atoms with Crippen LogP contribution in [0.25, 0.3) is 0 Å². The highest BCUT2D eigenvalue weighted by Gasteiger charge is 2.18. The molecular formula is C26H29N5O2. The molecule has 2 aliphatic heterocycles. The van der Waals surface area contributed by atoms with Crippen LogP contribution in [0.2, 0.25) is 0 Å². The normalized spacial score (nSPS) is 16.5. The van der Waals surface area contributed by atoms with Gasteiger partial charge in [0, 0.05) is 68.1 Å². The Morgan fingerprint density at radius 1 is 0.727 bits per heavy atom. The molecule has 5 rings (SSSR count). The van der Waals surface area contributed by atoms with Crippen molar-refractivity contribution < 1.29 is 9.53 Å². The molecule has 170 valence electrons. The summed E-state index contributed by atoms with van der Waals surface area (Å²) in [6, 6.07) is 20.0. The van der Waals surface area contributed by atoms with Gasteiger partial charge in [0.25, 0.3) is 5.91 Å². The van der Waals surface area contributed by atoms with Gasteiger partial charge in [0.1, 0.15) is 0 Å². The summed E-state index contributed by atoms with van der Waals surface area (Å²) < 4.78 is 5.41. The summed E-state index contributed by atoms with van der Waals surface area (Å²) in [6.45, 7) is 7.10. The van der Waals surface area contributed by atoms with Gasteiger partial charge in [-0.25, -0.2) is 0 Å².